The summed E-state index contributed by atoms with van der Waals surface area (Å²) in [6.07, 6.45) is 9.24. The molecule has 2 bridgehead atoms. The van der Waals surface area contributed by atoms with Crippen molar-refractivity contribution in [2.24, 2.45) is 10.9 Å². The first kappa shape index (κ1) is 12.2. The SMILES string of the molecule is CCC(C)C(=O)OOC12C=C(O1)C1=CCC=CC1=N2. The lowest BCUT2D eigenvalue weighted by Crippen LogP contribution is -2.45. The molecule has 0 aromatic rings. The van der Waals surface area contributed by atoms with Crippen molar-refractivity contribution in [3.05, 3.63) is 35.6 Å². The zero-order chi connectivity index (χ0) is 13.5. The van der Waals surface area contributed by atoms with Crippen LogP contribution in [0.25, 0.3) is 0 Å². The molecule has 0 saturated heterocycles. The van der Waals surface area contributed by atoms with Crippen LogP contribution in [0.15, 0.2) is 40.6 Å². The number of carbonyl (C=O) groups is 1. The molecular formula is C14H15NO4. The van der Waals surface area contributed by atoms with Crippen LogP contribution in [0, 0.1) is 5.92 Å². The Morgan fingerprint density at radius 3 is 3.16 bits per heavy atom. The second-order valence-corrected chi connectivity index (χ2v) is 4.79. The summed E-state index contributed by atoms with van der Waals surface area (Å²) in [5.74, 6) is -1.18. The highest BCUT2D eigenvalue weighted by Crippen LogP contribution is 2.42. The molecule has 1 aliphatic carbocycles. The molecule has 19 heavy (non-hydrogen) atoms. The summed E-state index contributed by atoms with van der Waals surface area (Å²) >= 11 is 0. The fourth-order valence-electron chi connectivity index (χ4n) is 1.97. The van der Waals surface area contributed by atoms with Gasteiger partial charge in [-0.15, -0.1) is 4.89 Å². The Morgan fingerprint density at radius 1 is 1.63 bits per heavy atom. The van der Waals surface area contributed by atoms with Crippen molar-refractivity contribution in [1.82, 2.24) is 0 Å². The lowest BCUT2D eigenvalue weighted by molar-refractivity contribution is -0.391. The van der Waals surface area contributed by atoms with Crippen molar-refractivity contribution in [3.8, 4) is 0 Å². The molecule has 2 unspecified atom stereocenters. The van der Waals surface area contributed by atoms with E-state index in [0.29, 0.717) is 6.42 Å². The molecule has 100 valence electrons. The van der Waals surface area contributed by atoms with Gasteiger partial charge in [-0.1, -0.05) is 26.0 Å². The monoisotopic (exact) mass is 261 g/mol. The topological polar surface area (TPSA) is 57.1 Å². The lowest BCUT2D eigenvalue weighted by atomic mass is 9.96. The van der Waals surface area contributed by atoms with Gasteiger partial charge < -0.3 is 4.74 Å². The van der Waals surface area contributed by atoms with Gasteiger partial charge in [-0.05, 0) is 18.9 Å². The minimum Gasteiger partial charge on any atom is -0.437 e. The number of aliphatic imine (C=N–C) groups is 1. The minimum absolute atomic E-state index is 0.207. The third kappa shape index (κ3) is 2.00. The molecule has 0 N–H and O–H groups in total. The Balaban J connectivity index is 1.69. The van der Waals surface area contributed by atoms with E-state index in [-0.39, 0.29) is 5.92 Å². The first-order chi connectivity index (χ1) is 9.13. The molecule has 0 radical (unpaired) electrons. The molecule has 0 aromatic heterocycles. The van der Waals surface area contributed by atoms with Crippen molar-refractivity contribution in [1.29, 1.82) is 0 Å². The summed E-state index contributed by atoms with van der Waals surface area (Å²) in [4.78, 5) is 25.8. The summed E-state index contributed by atoms with van der Waals surface area (Å²) in [5.41, 5.74) is 1.77. The van der Waals surface area contributed by atoms with E-state index >= 15 is 0 Å². The number of hydrogen-bond acceptors (Lipinski definition) is 5. The first-order valence-corrected chi connectivity index (χ1v) is 6.42. The van der Waals surface area contributed by atoms with E-state index in [0.717, 1.165) is 23.5 Å². The number of rotatable bonds is 4. The van der Waals surface area contributed by atoms with Crippen molar-refractivity contribution in [3.63, 3.8) is 0 Å². The zero-order valence-electron chi connectivity index (χ0n) is 10.9. The fourth-order valence-corrected chi connectivity index (χ4v) is 1.97. The maximum absolute atomic E-state index is 11.6. The van der Waals surface area contributed by atoms with Gasteiger partial charge in [0.25, 0.3) is 0 Å². The van der Waals surface area contributed by atoms with Gasteiger partial charge in [0.15, 0.2) is 0 Å². The number of hydrogen-bond donors (Lipinski definition) is 0. The third-order valence-corrected chi connectivity index (χ3v) is 3.38. The van der Waals surface area contributed by atoms with Gasteiger partial charge in [0.1, 0.15) is 5.76 Å². The normalized spacial score (nSPS) is 28.0. The van der Waals surface area contributed by atoms with E-state index < -0.39 is 11.9 Å². The van der Waals surface area contributed by atoms with E-state index in [2.05, 4.69) is 4.99 Å². The number of allylic oxidation sites excluding steroid dienone is 4. The van der Waals surface area contributed by atoms with Crippen LogP contribution in [0.4, 0.5) is 0 Å². The summed E-state index contributed by atoms with van der Waals surface area (Å²) in [5, 5.41) is 0. The van der Waals surface area contributed by atoms with Crippen molar-refractivity contribution in [2.45, 2.75) is 32.6 Å². The molecule has 3 heterocycles. The Bertz CT molecular complexity index is 544. The largest absolute Gasteiger partial charge is 0.437 e. The van der Waals surface area contributed by atoms with E-state index in [4.69, 9.17) is 14.5 Å². The quantitative estimate of drug-likeness (QED) is 0.576. The zero-order valence-corrected chi connectivity index (χ0v) is 10.9. The number of dihydropyridines is 1. The average molecular weight is 261 g/mol. The molecule has 4 rings (SSSR count). The maximum atomic E-state index is 11.6. The molecule has 5 heteroatoms. The number of carbonyl (C=O) groups excluding carboxylic acids is 1. The van der Waals surface area contributed by atoms with Gasteiger partial charge in [-0.3, -0.25) is 4.89 Å². The highest BCUT2D eigenvalue weighted by molar-refractivity contribution is 6.13. The van der Waals surface area contributed by atoms with Gasteiger partial charge in [0.05, 0.1) is 17.7 Å². The van der Waals surface area contributed by atoms with E-state index in [1.165, 1.54) is 0 Å². The van der Waals surface area contributed by atoms with Crippen molar-refractivity contribution >= 4 is 11.7 Å². The van der Waals surface area contributed by atoms with Crippen LogP contribution >= 0.6 is 0 Å². The Kier molecular flexibility index (Phi) is 2.78. The van der Waals surface area contributed by atoms with Gasteiger partial charge >= 0.3 is 11.9 Å². The maximum Gasteiger partial charge on any atom is 0.376 e. The van der Waals surface area contributed by atoms with E-state index in [1.54, 1.807) is 13.0 Å². The number of nitrogens with zero attached hydrogens (tertiary/aromatic N) is 1. The molecular weight excluding hydrogens is 246 g/mol. The molecule has 2 atom stereocenters. The molecule has 5 nitrogen and oxygen atoms in total. The van der Waals surface area contributed by atoms with Crippen LogP contribution in [0.3, 0.4) is 0 Å². The molecule has 0 spiro atoms. The van der Waals surface area contributed by atoms with Gasteiger partial charge in [0.2, 0.25) is 0 Å². The lowest BCUT2D eigenvalue weighted by Gasteiger charge is -2.40. The standard InChI is InChI=1S/C14H15NO4/c1-3-9(2)13(16)18-19-14-8-12(17-14)10-6-4-5-7-11(10)15-14/h5-9H,3-4H2,1-2H3. The third-order valence-electron chi connectivity index (χ3n) is 3.38. The summed E-state index contributed by atoms with van der Waals surface area (Å²) in [6.45, 7) is 3.69. The average Bonchev–Trinajstić information content (AvgIpc) is 2.42. The summed E-state index contributed by atoms with van der Waals surface area (Å²) in [6, 6.07) is 0. The molecule has 4 aliphatic rings. The van der Waals surface area contributed by atoms with Gasteiger partial charge in [-0.25, -0.2) is 9.79 Å². The van der Waals surface area contributed by atoms with Crippen LogP contribution in [-0.2, 0) is 19.3 Å². The Morgan fingerprint density at radius 2 is 2.42 bits per heavy atom. The predicted molar refractivity (Wildman–Crippen MR) is 67.8 cm³/mol. The highest BCUT2D eigenvalue weighted by atomic mass is 17.2. The van der Waals surface area contributed by atoms with Crippen LogP contribution in [-0.4, -0.2) is 17.6 Å². The molecule has 0 amide bonds. The molecule has 0 aromatic carbocycles. The van der Waals surface area contributed by atoms with E-state index in [1.807, 2.05) is 25.2 Å². The molecule has 0 saturated carbocycles. The second kappa shape index (κ2) is 4.35. The fraction of sp³-hybridized carbons (Fsp3) is 0.429. The molecule has 3 aliphatic heterocycles. The summed E-state index contributed by atoms with van der Waals surface area (Å²) < 4.78 is 5.47. The first-order valence-electron chi connectivity index (χ1n) is 6.42. The van der Waals surface area contributed by atoms with Crippen molar-refractivity contribution < 1.29 is 19.3 Å². The van der Waals surface area contributed by atoms with Crippen molar-refractivity contribution in [2.75, 3.05) is 0 Å². The van der Waals surface area contributed by atoms with Crippen LogP contribution in [0.1, 0.15) is 26.7 Å². The minimum atomic E-state index is -1.28. The van der Waals surface area contributed by atoms with Crippen LogP contribution in [0.2, 0.25) is 0 Å². The Hall–Kier alpha value is -1.88. The van der Waals surface area contributed by atoms with Crippen LogP contribution in [0.5, 0.6) is 0 Å². The van der Waals surface area contributed by atoms with Gasteiger partial charge in [0, 0.05) is 5.57 Å². The van der Waals surface area contributed by atoms with E-state index in [9.17, 15) is 4.79 Å². The second-order valence-electron chi connectivity index (χ2n) is 4.79. The number of ether oxygens (including phenoxy) is 1. The molecule has 0 fully saturated rings. The Labute approximate surface area is 111 Å². The predicted octanol–water partition coefficient (Wildman–Crippen LogP) is 2.42. The van der Waals surface area contributed by atoms with Crippen LogP contribution < -0.4 is 0 Å². The highest BCUT2D eigenvalue weighted by Gasteiger charge is 2.49. The smallest absolute Gasteiger partial charge is 0.376 e. The summed E-state index contributed by atoms with van der Waals surface area (Å²) in [7, 11) is 0. The van der Waals surface area contributed by atoms with Gasteiger partial charge in [-0.2, -0.15) is 0 Å².